The van der Waals surface area contributed by atoms with Gasteiger partial charge in [-0.1, -0.05) is 27.2 Å². The number of nitrogens with zero attached hydrogens (tertiary/aromatic N) is 2. The molecule has 0 fully saturated rings. The number of hydrogen-bond donors (Lipinski definition) is 1. The predicted octanol–water partition coefficient (Wildman–Crippen LogP) is 3.66. The van der Waals surface area contributed by atoms with E-state index in [1.54, 1.807) is 12.1 Å². The van der Waals surface area contributed by atoms with E-state index < -0.39 is 5.97 Å². The predicted molar refractivity (Wildman–Crippen MR) is 75.7 cm³/mol. The zero-order valence-electron chi connectivity index (χ0n) is 11.7. The number of aromatic nitrogens is 2. The maximum Gasteiger partial charge on any atom is 0.335 e. The number of aromatic carboxylic acids is 1. The molecular weight excluding hydrogens is 240 g/mol. The summed E-state index contributed by atoms with van der Waals surface area (Å²) in [7, 11) is 0. The van der Waals surface area contributed by atoms with Crippen LogP contribution in [0.5, 0.6) is 0 Å². The van der Waals surface area contributed by atoms with Crippen LogP contribution in [0, 0.1) is 0 Å². The van der Waals surface area contributed by atoms with Crippen LogP contribution in [0.4, 0.5) is 0 Å². The van der Waals surface area contributed by atoms with Crippen LogP contribution in [-0.2, 0) is 6.54 Å². The van der Waals surface area contributed by atoms with Crippen LogP contribution in [0.2, 0.25) is 0 Å². The number of benzene rings is 1. The van der Waals surface area contributed by atoms with E-state index in [-0.39, 0.29) is 0 Å². The van der Waals surface area contributed by atoms with Crippen LogP contribution in [0.1, 0.15) is 55.7 Å². The average molecular weight is 260 g/mol. The Morgan fingerprint density at radius 1 is 1.42 bits per heavy atom. The highest BCUT2D eigenvalue weighted by molar-refractivity contribution is 5.92. The lowest BCUT2D eigenvalue weighted by Gasteiger charge is -2.10. The molecule has 4 nitrogen and oxygen atoms in total. The Kier molecular flexibility index (Phi) is 3.88. The molecule has 0 amide bonds. The molecule has 1 N–H and O–H groups in total. The van der Waals surface area contributed by atoms with Crippen LogP contribution in [0.25, 0.3) is 11.0 Å². The summed E-state index contributed by atoms with van der Waals surface area (Å²) in [4.78, 5) is 15.6. The summed E-state index contributed by atoms with van der Waals surface area (Å²) in [6, 6.07) is 5.18. The first-order valence-corrected chi connectivity index (χ1v) is 6.78. The molecule has 2 aromatic rings. The van der Waals surface area contributed by atoms with E-state index in [1.807, 2.05) is 6.07 Å². The maximum atomic E-state index is 11.0. The van der Waals surface area contributed by atoms with E-state index in [4.69, 9.17) is 5.11 Å². The van der Waals surface area contributed by atoms with Gasteiger partial charge in [0.25, 0.3) is 0 Å². The summed E-state index contributed by atoms with van der Waals surface area (Å²) in [5, 5.41) is 9.04. The largest absolute Gasteiger partial charge is 0.478 e. The Labute approximate surface area is 113 Å². The molecule has 0 aliphatic carbocycles. The quantitative estimate of drug-likeness (QED) is 0.892. The minimum absolute atomic E-state index is 0.294. The van der Waals surface area contributed by atoms with Crippen LogP contribution >= 0.6 is 0 Å². The second-order valence-corrected chi connectivity index (χ2v) is 5.14. The second kappa shape index (κ2) is 5.43. The third-order valence-corrected chi connectivity index (χ3v) is 3.28. The summed E-state index contributed by atoms with van der Waals surface area (Å²) in [5.74, 6) is 0.458. The number of imidazole rings is 1. The Bertz CT molecular complexity index is 599. The molecule has 0 aliphatic rings. The van der Waals surface area contributed by atoms with Crippen molar-refractivity contribution in [2.75, 3.05) is 0 Å². The van der Waals surface area contributed by atoms with Gasteiger partial charge in [-0.3, -0.25) is 0 Å². The molecule has 0 radical (unpaired) electrons. The van der Waals surface area contributed by atoms with E-state index in [2.05, 4.69) is 30.3 Å². The Hall–Kier alpha value is -1.84. The number of aryl methyl sites for hydroxylation is 1. The first kappa shape index (κ1) is 13.6. The van der Waals surface area contributed by atoms with Crippen molar-refractivity contribution in [2.24, 2.45) is 0 Å². The summed E-state index contributed by atoms with van der Waals surface area (Å²) < 4.78 is 2.22. The highest BCUT2D eigenvalue weighted by atomic mass is 16.4. The summed E-state index contributed by atoms with van der Waals surface area (Å²) in [5.41, 5.74) is 2.10. The maximum absolute atomic E-state index is 11.0. The van der Waals surface area contributed by atoms with Crippen molar-refractivity contribution in [1.29, 1.82) is 0 Å². The van der Waals surface area contributed by atoms with Gasteiger partial charge in [-0.15, -0.1) is 0 Å². The van der Waals surface area contributed by atoms with Crippen molar-refractivity contribution < 1.29 is 9.90 Å². The monoisotopic (exact) mass is 260 g/mol. The van der Waals surface area contributed by atoms with Crippen LogP contribution in [-0.4, -0.2) is 20.6 Å². The number of fused-ring (bicyclic) bond motifs is 1. The summed E-state index contributed by atoms with van der Waals surface area (Å²) >= 11 is 0. The molecule has 0 spiro atoms. The number of rotatable bonds is 5. The van der Waals surface area contributed by atoms with Crippen LogP contribution in [0.3, 0.4) is 0 Å². The Morgan fingerprint density at radius 3 is 2.74 bits per heavy atom. The fourth-order valence-corrected chi connectivity index (χ4v) is 2.27. The van der Waals surface area contributed by atoms with Crippen LogP contribution in [0.15, 0.2) is 18.2 Å². The molecule has 4 heteroatoms. The van der Waals surface area contributed by atoms with Gasteiger partial charge in [0.1, 0.15) is 5.82 Å². The lowest BCUT2D eigenvalue weighted by molar-refractivity contribution is 0.0697. The van der Waals surface area contributed by atoms with Gasteiger partial charge in [-0.25, -0.2) is 9.78 Å². The van der Waals surface area contributed by atoms with Crippen molar-refractivity contribution in [3.05, 3.63) is 29.6 Å². The molecule has 0 saturated carbocycles. The molecule has 0 atom stereocenters. The highest BCUT2D eigenvalue weighted by Gasteiger charge is 2.14. The molecule has 19 heavy (non-hydrogen) atoms. The van der Waals surface area contributed by atoms with Gasteiger partial charge < -0.3 is 9.67 Å². The van der Waals surface area contributed by atoms with Gasteiger partial charge in [-0.2, -0.15) is 0 Å². The first-order valence-electron chi connectivity index (χ1n) is 6.78. The van der Waals surface area contributed by atoms with Gasteiger partial charge in [0.05, 0.1) is 16.6 Å². The molecule has 0 unspecified atom stereocenters. The van der Waals surface area contributed by atoms with Gasteiger partial charge in [0, 0.05) is 12.5 Å². The standard InChI is InChI=1S/C15H20N2O2/c1-4-5-8-17-13-7-6-11(15(18)19)9-12(13)16-14(17)10(2)3/h6-7,9-10H,4-5,8H2,1-3H3,(H,18,19). The third-order valence-electron chi connectivity index (χ3n) is 3.28. The van der Waals surface area contributed by atoms with Gasteiger partial charge in [-0.05, 0) is 24.6 Å². The van der Waals surface area contributed by atoms with Crippen LogP contribution < -0.4 is 0 Å². The molecule has 2 rings (SSSR count). The van der Waals surface area contributed by atoms with E-state index in [0.717, 1.165) is 36.2 Å². The highest BCUT2D eigenvalue weighted by Crippen LogP contribution is 2.23. The zero-order chi connectivity index (χ0) is 14.0. The van der Waals surface area contributed by atoms with Gasteiger partial charge in [0.15, 0.2) is 0 Å². The number of carboxylic acid groups (broad SMARTS) is 1. The van der Waals surface area contributed by atoms with E-state index in [0.29, 0.717) is 11.5 Å². The molecule has 102 valence electrons. The zero-order valence-corrected chi connectivity index (χ0v) is 11.7. The molecular formula is C15H20N2O2. The van der Waals surface area contributed by atoms with E-state index >= 15 is 0 Å². The number of carbonyl (C=O) groups is 1. The van der Waals surface area contributed by atoms with E-state index in [9.17, 15) is 4.79 Å². The Balaban J connectivity index is 2.56. The van der Waals surface area contributed by atoms with Crippen molar-refractivity contribution >= 4 is 17.0 Å². The minimum Gasteiger partial charge on any atom is -0.478 e. The lowest BCUT2D eigenvalue weighted by Crippen LogP contribution is -2.05. The third kappa shape index (κ3) is 2.62. The smallest absolute Gasteiger partial charge is 0.335 e. The van der Waals surface area contributed by atoms with Crippen molar-refractivity contribution in [3.63, 3.8) is 0 Å². The summed E-state index contributed by atoms with van der Waals surface area (Å²) in [6.07, 6.45) is 2.23. The average Bonchev–Trinajstić information content (AvgIpc) is 2.74. The first-order chi connectivity index (χ1) is 9.04. The molecule has 1 heterocycles. The van der Waals surface area contributed by atoms with Gasteiger partial charge >= 0.3 is 5.97 Å². The molecule has 0 aliphatic heterocycles. The summed E-state index contributed by atoms with van der Waals surface area (Å²) in [6.45, 7) is 7.33. The normalized spacial score (nSPS) is 11.4. The van der Waals surface area contributed by atoms with Gasteiger partial charge in [0.2, 0.25) is 0 Å². The lowest BCUT2D eigenvalue weighted by atomic mass is 10.2. The number of unbranched alkanes of at least 4 members (excludes halogenated alkanes) is 1. The number of carboxylic acids is 1. The molecule has 0 saturated heterocycles. The topological polar surface area (TPSA) is 55.1 Å². The fourth-order valence-electron chi connectivity index (χ4n) is 2.27. The minimum atomic E-state index is -0.906. The van der Waals surface area contributed by atoms with Crippen molar-refractivity contribution in [3.8, 4) is 0 Å². The molecule has 1 aromatic heterocycles. The molecule has 0 bridgehead atoms. The SMILES string of the molecule is CCCCn1c(C(C)C)nc2cc(C(=O)O)ccc21. The fraction of sp³-hybridized carbons (Fsp3) is 0.467. The van der Waals surface area contributed by atoms with Crippen molar-refractivity contribution in [1.82, 2.24) is 9.55 Å². The van der Waals surface area contributed by atoms with Crippen molar-refractivity contribution in [2.45, 2.75) is 46.1 Å². The molecule has 1 aromatic carbocycles. The Morgan fingerprint density at radius 2 is 2.16 bits per heavy atom. The second-order valence-electron chi connectivity index (χ2n) is 5.14. The number of hydrogen-bond acceptors (Lipinski definition) is 2. The van der Waals surface area contributed by atoms with E-state index in [1.165, 1.54) is 0 Å².